The van der Waals surface area contributed by atoms with E-state index in [4.69, 9.17) is 9.47 Å². The van der Waals surface area contributed by atoms with Crippen molar-refractivity contribution in [3.05, 3.63) is 0 Å². The molecule has 0 aliphatic heterocycles. The van der Waals surface area contributed by atoms with Crippen LogP contribution in [-0.2, 0) is 0 Å². The highest BCUT2D eigenvalue weighted by atomic mass is 16.5. The molecule has 96 valence electrons. The van der Waals surface area contributed by atoms with Gasteiger partial charge in [0.2, 0.25) is 5.95 Å². The molecule has 1 atom stereocenters. The minimum absolute atomic E-state index is 0.210. The molecule has 1 rings (SSSR count). The van der Waals surface area contributed by atoms with Gasteiger partial charge in [0.05, 0.1) is 14.2 Å². The van der Waals surface area contributed by atoms with E-state index >= 15 is 0 Å². The van der Waals surface area contributed by atoms with Crippen molar-refractivity contribution >= 4 is 5.95 Å². The van der Waals surface area contributed by atoms with E-state index in [2.05, 4.69) is 25.2 Å². The van der Waals surface area contributed by atoms with Crippen LogP contribution in [0, 0.1) is 0 Å². The van der Waals surface area contributed by atoms with Crippen LogP contribution in [-0.4, -0.2) is 60.8 Å². The van der Waals surface area contributed by atoms with Crippen LogP contribution in [0.25, 0.3) is 0 Å². The second kappa shape index (κ2) is 6.19. The second-order valence-corrected chi connectivity index (χ2v) is 3.94. The Bertz CT molecular complexity index is 336. The van der Waals surface area contributed by atoms with Gasteiger partial charge in [-0.3, -0.25) is 0 Å². The summed E-state index contributed by atoms with van der Waals surface area (Å²) in [5, 5.41) is 3.16. The Morgan fingerprint density at radius 3 is 2.06 bits per heavy atom. The summed E-state index contributed by atoms with van der Waals surface area (Å²) in [6.45, 7) is 2.92. The Balaban J connectivity index is 2.75. The fourth-order valence-corrected chi connectivity index (χ4v) is 1.40. The molecule has 0 spiro atoms. The third-order valence-electron chi connectivity index (χ3n) is 1.97. The SMILES string of the molecule is COc1nc(NC(C)CN(C)C)nc(OC)n1. The maximum absolute atomic E-state index is 4.97. The molecule has 0 aliphatic carbocycles. The molecule has 7 nitrogen and oxygen atoms in total. The molecular weight excluding hydrogens is 222 g/mol. The number of likely N-dealkylation sites (N-methyl/N-ethyl adjacent to an activating group) is 1. The Morgan fingerprint density at radius 1 is 1.12 bits per heavy atom. The first-order valence-electron chi connectivity index (χ1n) is 5.30. The zero-order chi connectivity index (χ0) is 12.8. The van der Waals surface area contributed by atoms with Crippen molar-refractivity contribution in [3.8, 4) is 12.0 Å². The normalized spacial score (nSPS) is 12.4. The molecule has 1 heterocycles. The summed E-state index contributed by atoms with van der Waals surface area (Å²) in [5.74, 6) is 0.447. The van der Waals surface area contributed by atoms with E-state index in [1.807, 2.05) is 21.0 Å². The highest BCUT2D eigenvalue weighted by Gasteiger charge is 2.10. The van der Waals surface area contributed by atoms with Crippen molar-refractivity contribution in [2.24, 2.45) is 0 Å². The molecule has 0 fully saturated rings. The zero-order valence-electron chi connectivity index (χ0n) is 10.9. The van der Waals surface area contributed by atoms with Crippen molar-refractivity contribution in [1.29, 1.82) is 0 Å². The average molecular weight is 241 g/mol. The topological polar surface area (TPSA) is 72.4 Å². The number of aromatic nitrogens is 3. The van der Waals surface area contributed by atoms with Gasteiger partial charge < -0.3 is 19.7 Å². The number of anilines is 1. The highest BCUT2D eigenvalue weighted by molar-refractivity contribution is 5.28. The van der Waals surface area contributed by atoms with Gasteiger partial charge in [0.15, 0.2) is 0 Å². The smallest absolute Gasteiger partial charge is 0.324 e. The van der Waals surface area contributed by atoms with Gasteiger partial charge in [0, 0.05) is 12.6 Å². The van der Waals surface area contributed by atoms with Gasteiger partial charge in [-0.2, -0.15) is 9.97 Å². The summed E-state index contributed by atoms with van der Waals surface area (Å²) >= 11 is 0. The van der Waals surface area contributed by atoms with Crippen LogP contribution in [0.5, 0.6) is 12.0 Å². The van der Waals surface area contributed by atoms with Gasteiger partial charge in [-0.15, -0.1) is 4.98 Å². The molecule has 0 aliphatic rings. The fourth-order valence-electron chi connectivity index (χ4n) is 1.40. The van der Waals surface area contributed by atoms with E-state index in [0.717, 1.165) is 6.54 Å². The maximum atomic E-state index is 4.97. The van der Waals surface area contributed by atoms with Crippen LogP contribution in [0.4, 0.5) is 5.95 Å². The quantitative estimate of drug-likeness (QED) is 0.765. The molecule has 1 N–H and O–H groups in total. The van der Waals surface area contributed by atoms with Crippen molar-refractivity contribution < 1.29 is 9.47 Å². The van der Waals surface area contributed by atoms with Gasteiger partial charge in [0.1, 0.15) is 0 Å². The molecular formula is C10H19N5O2. The average Bonchev–Trinajstić information content (AvgIpc) is 2.27. The van der Waals surface area contributed by atoms with E-state index in [0.29, 0.717) is 5.95 Å². The summed E-state index contributed by atoms with van der Waals surface area (Å²) in [5.41, 5.74) is 0. The van der Waals surface area contributed by atoms with Crippen molar-refractivity contribution in [2.45, 2.75) is 13.0 Å². The van der Waals surface area contributed by atoms with E-state index in [1.165, 1.54) is 14.2 Å². The lowest BCUT2D eigenvalue weighted by Crippen LogP contribution is -2.30. The number of nitrogens with one attached hydrogen (secondary N) is 1. The number of methoxy groups -OCH3 is 2. The van der Waals surface area contributed by atoms with Crippen molar-refractivity contribution in [3.63, 3.8) is 0 Å². The number of hydrogen-bond donors (Lipinski definition) is 1. The monoisotopic (exact) mass is 241 g/mol. The highest BCUT2D eigenvalue weighted by Crippen LogP contribution is 2.12. The molecule has 7 heteroatoms. The number of rotatable bonds is 6. The Hall–Kier alpha value is -1.63. The molecule has 0 aromatic carbocycles. The molecule has 1 aromatic heterocycles. The van der Waals surface area contributed by atoms with Crippen LogP contribution in [0.1, 0.15) is 6.92 Å². The summed E-state index contributed by atoms with van der Waals surface area (Å²) < 4.78 is 9.93. The molecule has 0 radical (unpaired) electrons. The van der Waals surface area contributed by atoms with E-state index in [-0.39, 0.29) is 18.1 Å². The Morgan fingerprint density at radius 2 is 1.65 bits per heavy atom. The fraction of sp³-hybridized carbons (Fsp3) is 0.700. The van der Waals surface area contributed by atoms with Crippen LogP contribution in [0.3, 0.4) is 0 Å². The van der Waals surface area contributed by atoms with Crippen molar-refractivity contribution in [2.75, 3.05) is 40.2 Å². The van der Waals surface area contributed by atoms with Crippen molar-refractivity contribution in [1.82, 2.24) is 19.9 Å². The molecule has 1 aromatic rings. The van der Waals surface area contributed by atoms with Crippen LogP contribution in [0.15, 0.2) is 0 Å². The first kappa shape index (κ1) is 13.4. The third kappa shape index (κ3) is 4.39. The number of nitrogens with zero attached hydrogens (tertiary/aromatic N) is 4. The van der Waals surface area contributed by atoms with E-state index in [1.54, 1.807) is 0 Å². The van der Waals surface area contributed by atoms with E-state index in [9.17, 15) is 0 Å². The lowest BCUT2D eigenvalue weighted by Gasteiger charge is -2.18. The second-order valence-electron chi connectivity index (χ2n) is 3.94. The minimum atomic E-state index is 0.210. The largest absolute Gasteiger partial charge is 0.467 e. The third-order valence-corrected chi connectivity index (χ3v) is 1.97. The maximum Gasteiger partial charge on any atom is 0.324 e. The summed E-state index contributed by atoms with van der Waals surface area (Å²) in [6, 6.07) is 0.676. The number of ether oxygens (including phenoxy) is 2. The summed E-state index contributed by atoms with van der Waals surface area (Å²) in [4.78, 5) is 14.2. The summed E-state index contributed by atoms with van der Waals surface area (Å²) in [6.07, 6.45) is 0. The first-order chi connectivity index (χ1) is 8.05. The molecule has 0 amide bonds. The van der Waals surface area contributed by atoms with Gasteiger partial charge in [-0.05, 0) is 21.0 Å². The van der Waals surface area contributed by atoms with Crippen LogP contribution in [0.2, 0.25) is 0 Å². The van der Waals surface area contributed by atoms with Gasteiger partial charge in [0.25, 0.3) is 0 Å². The predicted molar refractivity (Wildman–Crippen MR) is 64.6 cm³/mol. The number of hydrogen-bond acceptors (Lipinski definition) is 7. The molecule has 0 bridgehead atoms. The minimum Gasteiger partial charge on any atom is -0.467 e. The summed E-state index contributed by atoms with van der Waals surface area (Å²) in [7, 11) is 7.02. The Kier molecular flexibility index (Phi) is 4.89. The lowest BCUT2D eigenvalue weighted by molar-refractivity contribution is 0.340. The lowest BCUT2D eigenvalue weighted by atomic mass is 10.3. The zero-order valence-corrected chi connectivity index (χ0v) is 10.9. The first-order valence-corrected chi connectivity index (χ1v) is 5.30. The van der Waals surface area contributed by atoms with Gasteiger partial charge in [-0.1, -0.05) is 0 Å². The van der Waals surface area contributed by atoms with Crippen LogP contribution >= 0.6 is 0 Å². The van der Waals surface area contributed by atoms with Gasteiger partial charge >= 0.3 is 12.0 Å². The molecule has 17 heavy (non-hydrogen) atoms. The predicted octanol–water partition coefficient (Wildman–Crippen LogP) is 0.251. The van der Waals surface area contributed by atoms with E-state index < -0.39 is 0 Å². The van der Waals surface area contributed by atoms with Gasteiger partial charge in [-0.25, -0.2) is 0 Å². The molecule has 1 unspecified atom stereocenters. The molecule has 0 saturated heterocycles. The molecule has 0 saturated carbocycles. The van der Waals surface area contributed by atoms with Crippen LogP contribution < -0.4 is 14.8 Å². The Labute approximate surface area is 101 Å². The standard InChI is InChI=1S/C10H19N5O2/c1-7(6-15(2)3)11-8-12-9(16-4)14-10(13-8)17-5/h7H,6H2,1-5H3,(H,11,12,13,14).